The number of carbonyl (C=O) groups excluding carboxylic acids is 1. The molecule has 0 aliphatic carbocycles. The summed E-state index contributed by atoms with van der Waals surface area (Å²) in [5.74, 6) is -2.62. The second kappa shape index (κ2) is 6.78. The molecule has 1 aromatic carbocycles. The van der Waals surface area contributed by atoms with E-state index in [0.717, 1.165) is 25.0 Å². The lowest BCUT2D eigenvalue weighted by atomic mass is 10.3. The summed E-state index contributed by atoms with van der Waals surface area (Å²) in [7, 11) is 0. The third kappa shape index (κ3) is 4.20. The first-order chi connectivity index (χ1) is 8.54. The lowest BCUT2D eigenvalue weighted by molar-refractivity contribution is -0.146. The number of esters is 1. The van der Waals surface area contributed by atoms with Crippen molar-refractivity contribution in [2.45, 2.75) is 19.8 Å². The highest BCUT2D eigenvalue weighted by atomic mass is 19.1. The number of nitrogen functional groups attached to an aromatic ring is 1. The Labute approximate surface area is 104 Å². The zero-order chi connectivity index (χ0) is 13.5. The van der Waals surface area contributed by atoms with Crippen molar-refractivity contribution in [2.24, 2.45) is 0 Å². The molecule has 0 saturated carbocycles. The smallest absolute Gasteiger partial charge is 0.344 e. The fourth-order valence-corrected chi connectivity index (χ4v) is 1.16. The molecule has 1 rings (SSSR count). The van der Waals surface area contributed by atoms with Gasteiger partial charge in [0.1, 0.15) is 5.82 Å². The number of carbonyl (C=O) groups is 1. The van der Waals surface area contributed by atoms with Crippen molar-refractivity contribution >= 4 is 11.7 Å². The van der Waals surface area contributed by atoms with E-state index in [1.54, 1.807) is 0 Å². The molecule has 1 aromatic rings. The fourth-order valence-electron chi connectivity index (χ4n) is 1.16. The van der Waals surface area contributed by atoms with Crippen molar-refractivity contribution in [1.82, 2.24) is 0 Å². The minimum absolute atomic E-state index is 0.289. The van der Waals surface area contributed by atoms with Crippen LogP contribution < -0.4 is 10.5 Å². The van der Waals surface area contributed by atoms with Gasteiger partial charge in [-0.1, -0.05) is 13.3 Å². The molecule has 0 atom stereocenters. The van der Waals surface area contributed by atoms with Gasteiger partial charge in [0.15, 0.2) is 18.2 Å². The number of benzene rings is 1. The van der Waals surface area contributed by atoms with E-state index < -0.39 is 24.2 Å². The van der Waals surface area contributed by atoms with Crippen molar-refractivity contribution in [3.63, 3.8) is 0 Å². The number of ether oxygens (including phenoxy) is 2. The molecule has 0 aromatic heterocycles. The van der Waals surface area contributed by atoms with Gasteiger partial charge in [-0.2, -0.15) is 0 Å². The first-order valence-corrected chi connectivity index (χ1v) is 5.57. The SMILES string of the molecule is CCCCOC(=O)COc1cc(F)c(N)cc1F. The van der Waals surface area contributed by atoms with Crippen LogP contribution in [0.4, 0.5) is 14.5 Å². The number of hydrogen-bond acceptors (Lipinski definition) is 4. The Hall–Kier alpha value is -1.85. The topological polar surface area (TPSA) is 61.5 Å². The zero-order valence-corrected chi connectivity index (χ0v) is 10.0. The molecule has 0 unspecified atom stereocenters. The standard InChI is InChI=1S/C12H15F2NO3/c1-2-3-4-17-12(16)7-18-11-6-8(13)10(15)5-9(11)14/h5-6H,2-4,7,15H2,1H3. The van der Waals surface area contributed by atoms with Crippen LogP contribution in [0.5, 0.6) is 5.75 Å². The Bertz CT molecular complexity index is 424. The van der Waals surface area contributed by atoms with Crippen LogP contribution in [-0.4, -0.2) is 19.2 Å². The highest BCUT2D eigenvalue weighted by Crippen LogP contribution is 2.22. The maximum atomic E-state index is 13.3. The van der Waals surface area contributed by atoms with Crippen LogP contribution in [0, 0.1) is 11.6 Å². The number of anilines is 1. The minimum atomic E-state index is -0.824. The third-order valence-electron chi connectivity index (χ3n) is 2.16. The van der Waals surface area contributed by atoms with Gasteiger partial charge in [-0.15, -0.1) is 0 Å². The molecule has 0 heterocycles. The highest BCUT2D eigenvalue weighted by Gasteiger charge is 2.11. The Morgan fingerprint density at radius 2 is 2.06 bits per heavy atom. The van der Waals surface area contributed by atoms with E-state index in [4.69, 9.17) is 15.2 Å². The molecule has 0 fully saturated rings. The van der Waals surface area contributed by atoms with Gasteiger partial charge in [0.05, 0.1) is 12.3 Å². The molecular formula is C12H15F2NO3. The van der Waals surface area contributed by atoms with Crippen LogP contribution in [0.2, 0.25) is 0 Å². The second-order valence-electron chi connectivity index (χ2n) is 3.67. The van der Waals surface area contributed by atoms with Gasteiger partial charge >= 0.3 is 5.97 Å². The van der Waals surface area contributed by atoms with Crippen molar-refractivity contribution in [3.8, 4) is 5.75 Å². The largest absolute Gasteiger partial charge is 0.479 e. The van der Waals surface area contributed by atoms with Crippen LogP contribution >= 0.6 is 0 Å². The first-order valence-electron chi connectivity index (χ1n) is 5.57. The van der Waals surface area contributed by atoms with Gasteiger partial charge in [-0.05, 0) is 6.42 Å². The number of hydrogen-bond donors (Lipinski definition) is 1. The van der Waals surface area contributed by atoms with Gasteiger partial charge < -0.3 is 15.2 Å². The molecule has 4 nitrogen and oxygen atoms in total. The molecule has 0 amide bonds. The normalized spacial score (nSPS) is 10.2. The molecular weight excluding hydrogens is 244 g/mol. The molecule has 0 aliphatic heterocycles. The van der Waals surface area contributed by atoms with Gasteiger partial charge in [0.25, 0.3) is 0 Å². The molecule has 0 bridgehead atoms. The third-order valence-corrected chi connectivity index (χ3v) is 2.16. The highest BCUT2D eigenvalue weighted by molar-refractivity contribution is 5.71. The average molecular weight is 259 g/mol. The lowest BCUT2D eigenvalue weighted by Gasteiger charge is -2.08. The zero-order valence-electron chi connectivity index (χ0n) is 10.0. The summed E-state index contributed by atoms with van der Waals surface area (Å²) in [6, 6.07) is 1.59. The fraction of sp³-hybridized carbons (Fsp3) is 0.417. The van der Waals surface area contributed by atoms with Crippen molar-refractivity contribution in [1.29, 1.82) is 0 Å². The predicted molar refractivity (Wildman–Crippen MR) is 62.1 cm³/mol. The van der Waals surface area contributed by atoms with Gasteiger partial charge in [-0.25, -0.2) is 13.6 Å². The summed E-state index contributed by atoms with van der Waals surface area (Å²) >= 11 is 0. The summed E-state index contributed by atoms with van der Waals surface area (Å²) in [5.41, 5.74) is 4.85. The van der Waals surface area contributed by atoms with Crippen LogP contribution in [0.25, 0.3) is 0 Å². The lowest BCUT2D eigenvalue weighted by Crippen LogP contribution is -2.16. The molecule has 2 N–H and O–H groups in total. The second-order valence-corrected chi connectivity index (χ2v) is 3.67. The number of nitrogens with two attached hydrogens (primary N) is 1. The van der Waals surface area contributed by atoms with E-state index in [0.29, 0.717) is 0 Å². The molecule has 18 heavy (non-hydrogen) atoms. The summed E-state index contributed by atoms with van der Waals surface area (Å²) in [6.07, 6.45) is 1.64. The van der Waals surface area contributed by atoms with E-state index in [1.807, 2.05) is 6.92 Å². The molecule has 0 spiro atoms. The maximum Gasteiger partial charge on any atom is 0.344 e. The quantitative estimate of drug-likeness (QED) is 0.483. The first kappa shape index (κ1) is 14.2. The van der Waals surface area contributed by atoms with Gasteiger partial charge in [-0.3, -0.25) is 0 Å². The molecule has 100 valence electrons. The summed E-state index contributed by atoms with van der Waals surface area (Å²) in [4.78, 5) is 11.2. The molecule has 0 saturated heterocycles. The predicted octanol–water partition coefficient (Wildman–Crippen LogP) is 2.27. The number of unbranched alkanes of at least 4 members (excludes halogenated alkanes) is 1. The monoisotopic (exact) mass is 259 g/mol. The van der Waals surface area contributed by atoms with E-state index >= 15 is 0 Å². The van der Waals surface area contributed by atoms with Crippen molar-refractivity contribution in [3.05, 3.63) is 23.8 Å². The van der Waals surface area contributed by atoms with Gasteiger partial charge in [0.2, 0.25) is 0 Å². The Morgan fingerprint density at radius 1 is 1.33 bits per heavy atom. The van der Waals surface area contributed by atoms with E-state index in [2.05, 4.69) is 0 Å². The average Bonchev–Trinajstić information content (AvgIpc) is 2.32. The van der Waals surface area contributed by atoms with E-state index in [9.17, 15) is 13.6 Å². The Morgan fingerprint density at radius 3 is 2.72 bits per heavy atom. The Balaban J connectivity index is 2.48. The van der Waals surface area contributed by atoms with Gasteiger partial charge in [0, 0.05) is 12.1 Å². The number of halogens is 2. The van der Waals surface area contributed by atoms with Crippen LogP contribution in [0.15, 0.2) is 12.1 Å². The number of rotatable bonds is 6. The van der Waals surface area contributed by atoms with Crippen molar-refractivity contribution in [2.75, 3.05) is 18.9 Å². The van der Waals surface area contributed by atoms with Crippen LogP contribution in [0.3, 0.4) is 0 Å². The minimum Gasteiger partial charge on any atom is -0.479 e. The van der Waals surface area contributed by atoms with Crippen LogP contribution in [0.1, 0.15) is 19.8 Å². The molecule has 0 radical (unpaired) electrons. The Kier molecular flexibility index (Phi) is 5.35. The molecule has 0 aliphatic rings. The van der Waals surface area contributed by atoms with E-state index in [1.165, 1.54) is 0 Å². The van der Waals surface area contributed by atoms with E-state index in [-0.39, 0.29) is 18.0 Å². The summed E-state index contributed by atoms with van der Waals surface area (Å²) in [6.45, 7) is 1.78. The summed E-state index contributed by atoms with van der Waals surface area (Å²) < 4.78 is 35.9. The van der Waals surface area contributed by atoms with Crippen molar-refractivity contribution < 1.29 is 23.0 Å². The van der Waals surface area contributed by atoms with Crippen LogP contribution in [-0.2, 0) is 9.53 Å². The summed E-state index contributed by atoms with van der Waals surface area (Å²) in [5, 5.41) is 0. The molecule has 6 heteroatoms. The maximum absolute atomic E-state index is 13.3.